The van der Waals surface area contributed by atoms with Crippen LogP contribution >= 0.6 is 32.1 Å². The highest BCUT2D eigenvalue weighted by Crippen LogP contribution is 2.48. The van der Waals surface area contributed by atoms with Crippen LogP contribution in [0.4, 0.5) is 0 Å². The van der Waals surface area contributed by atoms with Gasteiger partial charge >= 0.3 is 0 Å². The summed E-state index contributed by atoms with van der Waals surface area (Å²) in [5, 5.41) is 4.07. The van der Waals surface area contributed by atoms with Gasteiger partial charge in [-0.3, -0.25) is 0 Å². The summed E-state index contributed by atoms with van der Waals surface area (Å²) in [6, 6.07) is 32.4. The average molecular weight is 387 g/mol. The zero-order valence-electron chi connectivity index (χ0n) is 12.1. The molecule has 0 spiro atoms. The van der Waals surface area contributed by atoms with Crippen LogP contribution in [0.5, 0.6) is 0 Å². The van der Waals surface area contributed by atoms with Crippen LogP contribution in [0.15, 0.2) is 91.0 Å². The standard InChI is InChI=1S/C19H17BrP2/c20-19(21)22(16-10-4-1-5-11-16,17-12-6-2-7-13-17)18-14-8-3-9-15-18/h1-15H,21H2. The summed E-state index contributed by atoms with van der Waals surface area (Å²) in [6.45, 7) is -1.83. The lowest BCUT2D eigenvalue weighted by Crippen LogP contribution is -2.27. The largest absolute Gasteiger partial charge is 0.0968 e. The first-order valence-electron chi connectivity index (χ1n) is 7.10. The molecule has 22 heavy (non-hydrogen) atoms. The Labute approximate surface area is 142 Å². The summed E-state index contributed by atoms with van der Waals surface area (Å²) < 4.78 is 1.21. The molecule has 3 aromatic rings. The normalized spacial score (nSPS) is 11.2. The van der Waals surface area contributed by atoms with Crippen molar-refractivity contribution in [1.82, 2.24) is 0 Å². The lowest BCUT2D eigenvalue weighted by molar-refractivity contribution is 1.73. The van der Waals surface area contributed by atoms with Gasteiger partial charge in [0.05, 0.1) is 0 Å². The minimum atomic E-state index is -1.83. The van der Waals surface area contributed by atoms with Crippen molar-refractivity contribution >= 4 is 51.9 Å². The van der Waals surface area contributed by atoms with Gasteiger partial charge in [0.25, 0.3) is 0 Å². The van der Waals surface area contributed by atoms with Gasteiger partial charge in [0.2, 0.25) is 0 Å². The predicted molar refractivity (Wildman–Crippen MR) is 109 cm³/mol. The highest BCUT2D eigenvalue weighted by molar-refractivity contribution is 9.22. The molecular formula is C19H17BrP2. The lowest BCUT2D eigenvalue weighted by Gasteiger charge is -2.29. The van der Waals surface area contributed by atoms with E-state index < -0.39 is 6.89 Å². The van der Waals surface area contributed by atoms with Crippen LogP contribution in [-0.2, 0) is 0 Å². The summed E-state index contributed by atoms with van der Waals surface area (Å²) in [5.74, 6) is 0. The van der Waals surface area contributed by atoms with Crippen molar-refractivity contribution in [1.29, 1.82) is 0 Å². The highest BCUT2D eigenvalue weighted by Gasteiger charge is 2.27. The van der Waals surface area contributed by atoms with E-state index in [-0.39, 0.29) is 0 Å². The third-order valence-electron chi connectivity index (χ3n) is 3.75. The smallest absolute Gasteiger partial charge is 0.0219 e. The van der Waals surface area contributed by atoms with Crippen LogP contribution in [-0.4, -0.2) is 3.94 Å². The van der Waals surface area contributed by atoms with Gasteiger partial charge in [-0.25, -0.2) is 0 Å². The Balaban J connectivity index is 2.44. The van der Waals surface area contributed by atoms with Crippen molar-refractivity contribution in [3.8, 4) is 0 Å². The molecule has 0 amide bonds. The number of benzene rings is 3. The summed E-state index contributed by atoms with van der Waals surface area (Å²) in [5.41, 5.74) is 0. The van der Waals surface area contributed by atoms with Crippen molar-refractivity contribution < 1.29 is 0 Å². The zero-order valence-corrected chi connectivity index (χ0v) is 15.7. The van der Waals surface area contributed by atoms with Gasteiger partial charge in [0.1, 0.15) is 0 Å². The van der Waals surface area contributed by atoms with Crippen LogP contribution in [0.3, 0.4) is 0 Å². The van der Waals surface area contributed by atoms with Crippen LogP contribution in [0.25, 0.3) is 0 Å². The van der Waals surface area contributed by atoms with Crippen molar-refractivity contribution in [3.05, 3.63) is 91.0 Å². The molecule has 1 unspecified atom stereocenters. The molecule has 0 N–H and O–H groups in total. The van der Waals surface area contributed by atoms with Crippen LogP contribution in [0.1, 0.15) is 0 Å². The molecule has 0 fully saturated rings. The molecule has 0 saturated carbocycles. The van der Waals surface area contributed by atoms with E-state index in [0.717, 1.165) is 0 Å². The molecule has 0 aliphatic rings. The number of hydrogen-bond donors (Lipinski definition) is 0. The third kappa shape index (κ3) is 2.74. The molecule has 0 aliphatic carbocycles. The molecule has 0 aromatic heterocycles. The monoisotopic (exact) mass is 386 g/mol. The topological polar surface area (TPSA) is 0 Å². The SMILES string of the molecule is PC(Br)=P(c1ccccc1)(c1ccccc1)c1ccccc1. The minimum Gasteiger partial charge on any atom is -0.0968 e. The second kappa shape index (κ2) is 6.97. The molecule has 0 nitrogen and oxygen atoms in total. The quantitative estimate of drug-likeness (QED) is 0.587. The molecule has 1 atom stereocenters. The Morgan fingerprint density at radius 3 is 1.09 bits per heavy atom. The van der Waals surface area contributed by atoms with Gasteiger partial charge in [0.15, 0.2) is 0 Å². The molecule has 0 saturated heterocycles. The van der Waals surface area contributed by atoms with E-state index in [1.54, 1.807) is 0 Å². The van der Waals surface area contributed by atoms with E-state index in [1.807, 2.05) is 0 Å². The molecule has 3 rings (SSSR count). The Morgan fingerprint density at radius 1 is 0.591 bits per heavy atom. The zero-order chi connectivity index (χ0) is 15.4. The lowest BCUT2D eigenvalue weighted by atomic mass is 10.4. The van der Waals surface area contributed by atoms with Gasteiger partial charge in [-0.1, -0.05) is 100 Å². The first-order valence-corrected chi connectivity index (χ1v) is 10.3. The second-order valence-electron chi connectivity index (χ2n) is 5.00. The molecule has 0 radical (unpaired) electrons. The van der Waals surface area contributed by atoms with E-state index >= 15 is 0 Å². The average Bonchev–Trinajstić information content (AvgIpc) is 2.58. The maximum Gasteiger partial charge on any atom is 0.0219 e. The molecule has 110 valence electrons. The van der Waals surface area contributed by atoms with E-state index in [0.29, 0.717) is 0 Å². The molecular weight excluding hydrogens is 370 g/mol. The molecule has 0 bridgehead atoms. The van der Waals surface area contributed by atoms with Gasteiger partial charge in [0, 0.05) is 3.94 Å². The number of halogens is 1. The summed E-state index contributed by atoms with van der Waals surface area (Å²) in [6.07, 6.45) is 0. The summed E-state index contributed by atoms with van der Waals surface area (Å²) in [7, 11) is 2.90. The highest BCUT2D eigenvalue weighted by atomic mass is 79.9. The summed E-state index contributed by atoms with van der Waals surface area (Å²) in [4.78, 5) is 0. The van der Waals surface area contributed by atoms with Crippen molar-refractivity contribution in [2.45, 2.75) is 0 Å². The predicted octanol–water partition coefficient (Wildman–Crippen LogP) is 4.34. The van der Waals surface area contributed by atoms with Gasteiger partial charge in [-0.05, 0) is 38.7 Å². The number of rotatable bonds is 3. The Morgan fingerprint density at radius 2 is 0.864 bits per heavy atom. The van der Waals surface area contributed by atoms with E-state index in [1.165, 1.54) is 19.9 Å². The Hall–Kier alpha value is -1.13. The van der Waals surface area contributed by atoms with Gasteiger partial charge in [-0.2, -0.15) is 0 Å². The molecule has 0 aliphatic heterocycles. The maximum absolute atomic E-state index is 3.84. The fraction of sp³-hybridized carbons (Fsp3) is 0. The van der Waals surface area contributed by atoms with Crippen LogP contribution in [0, 0.1) is 0 Å². The second-order valence-corrected chi connectivity index (χ2v) is 11.7. The first-order chi connectivity index (χ1) is 10.8. The van der Waals surface area contributed by atoms with Gasteiger partial charge < -0.3 is 0 Å². The Bertz CT molecular complexity index is 689. The molecule has 0 heterocycles. The molecule has 3 heteroatoms. The fourth-order valence-electron chi connectivity index (χ4n) is 2.77. The summed E-state index contributed by atoms with van der Waals surface area (Å²) >= 11 is 3.84. The number of hydrogen-bond acceptors (Lipinski definition) is 0. The van der Waals surface area contributed by atoms with Crippen molar-refractivity contribution in [3.63, 3.8) is 0 Å². The molecule has 3 aromatic carbocycles. The van der Waals surface area contributed by atoms with Gasteiger partial charge in [-0.15, -0.1) is 0 Å². The van der Waals surface area contributed by atoms with E-state index in [4.69, 9.17) is 0 Å². The van der Waals surface area contributed by atoms with E-state index in [9.17, 15) is 0 Å². The fourth-order valence-corrected chi connectivity index (χ4v) is 9.45. The van der Waals surface area contributed by atoms with Crippen LogP contribution in [0.2, 0.25) is 0 Å². The maximum atomic E-state index is 3.84. The van der Waals surface area contributed by atoms with Crippen molar-refractivity contribution in [2.24, 2.45) is 0 Å². The minimum absolute atomic E-state index is 1.21. The van der Waals surface area contributed by atoms with Crippen molar-refractivity contribution in [2.75, 3.05) is 0 Å². The Kier molecular flexibility index (Phi) is 4.99. The van der Waals surface area contributed by atoms with E-state index in [2.05, 4.69) is 116 Å². The van der Waals surface area contributed by atoms with Crippen LogP contribution < -0.4 is 15.9 Å². The first kappa shape index (κ1) is 15.8. The third-order valence-corrected chi connectivity index (χ3v) is 10.4.